The van der Waals surface area contributed by atoms with Gasteiger partial charge in [0.2, 0.25) is 5.91 Å². The summed E-state index contributed by atoms with van der Waals surface area (Å²) in [5.74, 6) is -0.0777. The van der Waals surface area contributed by atoms with Gasteiger partial charge in [-0.2, -0.15) is 0 Å². The van der Waals surface area contributed by atoms with Gasteiger partial charge < -0.3 is 20.3 Å². The maximum atomic E-state index is 13.2. The zero-order chi connectivity index (χ0) is 21.1. The fraction of sp³-hybridized carbons (Fsp3) is 0.571. The number of esters is 1. The van der Waals surface area contributed by atoms with Gasteiger partial charge in [0.15, 0.2) is 5.96 Å². The molecule has 1 aliphatic rings. The van der Waals surface area contributed by atoms with Crippen molar-refractivity contribution < 1.29 is 18.7 Å². The third-order valence-corrected chi connectivity index (χ3v) is 4.62. The van der Waals surface area contributed by atoms with Crippen LogP contribution in [0.2, 0.25) is 0 Å². The van der Waals surface area contributed by atoms with Crippen LogP contribution in [-0.4, -0.2) is 62.1 Å². The predicted octanol–water partition coefficient (Wildman–Crippen LogP) is 2.34. The third kappa shape index (κ3) is 8.85. The van der Waals surface area contributed by atoms with Crippen molar-refractivity contribution in [2.75, 3.05) is 39.3 Å². The van der Waals surface area contributed by atoms with Crippen molar-refractivity contribution in [3.8, 4) is 0 Å². The van der Waals surface area contributed by atoms with Crippen molar-refractivity contribution in [2.24, 2.45) is 10.9 Å². The molecule has 1 heterocycles. The molecule has 7 nitrogen and oxygen atoms in total. The average molecular weight is 534 g/mol. The molecular weight excluding hydrogens is 502 g/mol. The van der Waals surface area contributed by atoms with E-state index in [1.165, 1.54) is 12.1 Å². The summed E-state index contributed by atoms with van der Waals surface area (Å²) in [6.45, 7) is 7.11. The number of carbonyl (C=O) groups is 2. The van der Waals surface area contributed by atoms with Gasteiger partial charge in [-0.15, -0.1) is 24.0 Å². The lowest BCUT2D eigenvalue weighted by atomic mass is 9.98. The normalized spacial score (nSPS) is 16.4. The van der Waals surface area contributed by atoms with Gasteiger partial charge >= 0.3 is 5.97 Å². The number of ether oxygens (including phenoxy) is 1. The number of amides is 1. The Balaban J connectivity index is 0.00000450. The molecule has 0 spiro atoms. The highest BCUT2D eigenvalue weighted by Crippen LogP contribution is 2.18. The maximum Gasteiger partial charge on any atom is 0.310 e. The monoisotopic (exact) mass is 534 g/mol. The molecule has 1 saturated heterocycles. The Labute approximate surface area is 194 Å². The molecule has 2 N–H and O–H groups in total. The van der Waals surface area contributed by atoms with Crippen molar-refractivity contribution in [1.82, 2.24) is 15.5 Å². The first-order chi connectivity index (χ1) is 14.0. The van der Waals surface area contributed by atoms with E-state index in [0.717, 1.165) is 25.3 Å². The molecular formula is C21H32FIN4O3. The number of aliphatic imine (C=N–C) groups is 1. The molecule has 1 unspecified atom stereocenters. The fourth-order valence-electron chi connectivity index (χ4n) is 3.30. The van der Waals surface area contributed by atoms with Gasteiger partial charge in [0.25, 0.3) is 0 Å². The van der Waals surface area contributed by atoms with E-state index in [2.05, 4.69) is 20.5 Å². The van der Waals surface area contributed by atoms with E-state index in [-0.39, 0.29) is 54.0 Å². The Morgan fingerprint density at radius 1 is 1.30 bits per heavy atom. The molecule has 1 aliphatic heterocycles. The second-order valence-electron chi connectivity index (χ2n) is 6.93. The number of hydrogen-bond acceptors (Lipinski definition) is 4. The molecule has 0 radical (unpaired) electrons. The van der Waals surface area contributed by atoms with Crippen LogP contribution in [0.4, 0.5) is 4.39 Å². The summed E-state index contributed by atoms with van der Waals surface area (Å²) in [4.78, 5) is 30.7. The van der Waals surface area contributed by atoms with E-state index in [1.54, 1.807) is 12.1 Å². The lowest BCUT2D eigenvalue weighted by Gasteiger charge is -2.34. The highest BCUT2D eigenvalue weighted by atomic mass is 127. The minimum atomic E-state index is -0.349. The van der Waals surface area contributed by atoms with Gasteiger partial charge in [0.05, 0.1) is 25.5 Å². The van der Waals surface area contributed by atoms with E-state index < -0.39 is 0 Å². The maximum absolute atomic E-state index is 13.2. The average Bonchev–Trinajstić information content (AvgIpc) is 2.70. The number of rotatable bonds is 8. The van der Waals surface area contributed by atoms with E-state index in [9.17, 15) is 14.0 Å². The number of piperidine rings is 1. The molecule has 30 heavy (non-hydrogen) atoms. The van der Waals surface area contributed by atoms with Crippen LogP contribution >= 0.6 is 24.0 Å². The molecule has 0 aliphatic carbocycles. The van der Waals surface area contributed by atoms with E-state index in [4.69, 9.17) is 4.74 Å². The second kappa shape index (κ2) is 14.2. The van der Waals surface area contributed by atoms with Crippen LogP contribution in [0.1, 0.15) is 32.3 Å². The van der Waals surface area contributed by atoms with Crippen LogP contribution in [0.3, 0.4) is 0 Å². The number of hydrogen-bond donors (Lipinski definition) is 2. The summed E-state index contributed by atoms with van der Waals surface area (Å²) in [5, 5.41) is 6.05. The van der Waals surface area contributed by atoms with E-state index in [0.29, 0.717) is 38.3 Å². The predicted molar refractivity (Wildman–Crippen MR) is 125 cm³/mol. The summed E-state index contributed by atoms with van der Waals surface area (Å²) < 4.78 is 18.3. The number of halogens is 2. The van der Waals surface area contributed by atoms with Crippen LogP contribution in [0, 0.1) is 11.7 Å². The van der Waals surface area contributed by atoms with Crippen LogP contribution < -0.4 is 10.6 Å². The quantitative estimate of drug-likeness (QED) is 0.176. The van der Waals surface area contributed by atoms with Gasteiger partial charge in [-0.3, -0.25) is 14.6 Å². The first-order valence-corrected chi connectivity index (χ1v) is 10.2. The zero-order valence-corrected chi connectivity index (χ0v) is 20.0. The number of nitrogens with zero attached hydrogens (tertiary/aromatic N) is 2. The molecule has 1 aromatic carbocycles. The van der Waals surface area contributed by atoms with Crippen molar-refractivity contribution in [1.29, 1.82) is 0 Å². The Hall–Kier alpha value is -1.91. The summed E-state index contributed by atoms with van der Waals surface area (Å²) in [5.41, 5.74) is 0.637. The Morgan fingerprint density at radius 3 is 2.80 bits per heavy atom. The van der Waals surface area contributed by atoms with E-state index >= 15 is 0 Å². The lowest BCUT2D eigenvalue weighted by Crippen LogP contribution is -2.48. The SMILES string of the molecule is CCNC(=NCCNC(=O)Cc1cccc(F)c1)N1CCCC(C(=O)OCC)C1.I. The van der Waals surface area contributed by atoms with Gasteiger partial charge in [-0.1, -0.05) is 12.1 Å². The summed E-state index contributed by atoms with van der Waals surface area (Å²) in [6, 6.07) is 6.02. The second-order valence-corrected chi connectivity index (χ2v) is 6.93. The fourth-order valence-corrected chi connectivity index (χ4v) is 3.30. The van der Waals surface area contributed by atoms with Crippen LogP contribution in [0.25, 0.3) is 0 Å². The molecule has 168 valence electrons. The molecule has 9 heteroatoms. The van der Waals surface area contributed by atoms with Crippen molar-refractivity contribution in [3.05, 3.63) is 35.6 Å². The number of benzene rings is 1. The highest BCUT2D eigenvalue weighted by molar-refractivity contribution is 14.0. The first-order valence-electron chi connectivity index (χ1n) is 10.2. The third-order valence-electron chi connectivity index (χ3n) is 4.62. The van der Waals surface area contributed by atoms with Gasteiger partial charge in [-0.05, 0) is 44.4 Å². The number of nitrogens with one attached hydrogen (secondary N) is 2. The number of guanidine groups is 1. The molecule has 1 atom stereocenters. The molecule has 1 amide bonds. The largest absolute Gasteiger partial charge is 0.466 e. The molecule has 0 saturated carbocycles. The molecule has 1 aromatic rings. The summed E-state index contributed by atoms with van der Waals surface area (Å²) >= 11 is 0. The number of likely N-dealkylation sites (tertiary alicyclic amines) is 1. The minimum absolute atomic E-state index is 0. The van der Waals surface area contributed by atoms with Crippen LogP contribution in [-0.2, 0) is 20.7 Å². The Kier molecular flexibility index (Phi) is 12.3. The first kappa shape index (κ1) is 26.1. The molecule has 0 aromatic heterocycles. The van der Waals surface area contributed by atoms with Crippen molar-refractivity contribution in [3.63, 3.8) is 0 Å². The Bertz CT molecular complexity index is 717. The van der Waals surface area contributed by atoms with E-state index in [1.807, 2.05) is 13.8 Å². The van der Waals surface area contributed by atoms with Crippen LogP contribution in [0.5, 0.6) is 0 Å². The van der Waals surface area contributed by atoms with Crippen LogP contribution in [0.15, 0.2) is 29.3 Å². The van der Waals surface area contributed by atoms with Crippen molar-refractivity contribution >= 4 is 41.8 Å². The smallest absolute Gasteiger partial charge is 0.310 e. The molecule has 2 rings (SSSR count). The van der Waals surface area contributed by atoms with Gasteiger partial charge in [0.1, 0.15) is 5.82 Å². The number of carbonyl (C=O) groups excluding carboxylic acids is 2. The van der Waals surface area contributed by atoms with Gasteiger partial charge in [-0.25, -0.2) is 4.39 Å². The molecule has 0 bridgehead atoms. The standard InChI is InChI=1S/C21H31FN4O3.HI/c1-3-23-21(26-12-6-8-17(15-26)20(28)29-4-2)25-11-10-24-19(27)14-16-7-5-9-18(22)13-16;/h5,7,9,13,17H,3-4,6,8,10-12,14-15H2,1-2H3,(H,23,25)(H,24,27);1H. The zero-order valence-electron chi connectivity index (χ0n) is 17.7. The van der Waals surface area contributed by atoms with Gasteiger partial charge in [0, 0.05) is 26.2 Å². The molecule has 1 fully saturated rings. The topological polar surface area (TPSA) is 83.0 Å². The lowest BCUT2D eigenvalue weighted by molar-refractivity contribution is -0.149. The minimum Gasteiger partial charge on any atom is -0.466 e. The Morgan fingerprint density at radius 2 is 2.10 bits per heavy atom. The van der Waals surface area contributed by atoms with Crippen molar-refractivity contribution in [2.45, 2.75) is 33.1 Å². The highest BCUT2D eigenvalue weighted by Gasteiger charge is 2.28. The summed E-state index contributed by atoms with van der Waals surface area (Å²) in [6.07, 6.45) is 1.86. The summed E-state index contributed by atoms with van der Waals surface area (Å²) in [7, 11) is 0.